The van der Waals surface area contributed by atoms with E-state index in [-0.39, 0.29) is 18.1 Å². The first-order valence-electron chi connectivity index (χ1n) is 7.91. The molecule has 1 aromatic rings. The number of benzene rings is 1. The average Bonchev–Trinajstić information content (AvgIpc) is 2.50. The quantitative estimate of drug-likeness (QED) is 0.518. The van der Waals surface area contributed by atoms with Gasteiger partial charge >= 0.3 is 0 Å². The smallest absolute Gasteiger partial charge is 0.239 e. The van der Waals surface area contributed by atoms with Gasteiger partial charge in [-0.1, -0.05) is 22.0 Å². The normalized spacial score (nSPS) is 21.1. The molecule has 132 valence electrons. The highest BCUT2D eigenvalue weighted by Gasteiger charge is 2.22. The molecule has 0 unspecified atom stereocenters. The maximum Gasteiger partial charge on any atom is 0.239 e. The molecule has 1 aromatic carbocycles. The van der Waals surface area contributed by atoms with Crippen LogP contribution in [0.15, 0.2) is 28.7 Å². The molecule has 24 heavy (non-hydrogen) atoms. The van der Waals surface area contributed by atoms with Crippen LogP contribution in [0.25, 0.3) is 0 Å². The van der Waals surface area contributed by atoms with E-state index in [4.69, 9.17) is 17.0 Å². The van der Waals surface area contributed by atoms with Gasteiger partial charge in [-0.2, -0.15) is 0 Å². The highest BCUT2D eigenvalue weighted by Crippen LogP contribution is 2.15. The van der Waals surface area contributed by atoms with Gasteiger partial charge in [0.05, 0.1) is 12.2 Å². The van der Waals surface area contributed by atoms with Crippen molar-refractivity contribution in [1.82, 2.24) is 15.8 Å². The minimum Gasteiger partial charge on any atom is -0.373 e. The number of thiocarbonyl (C=S) groups is 1. The molecule has 1 fully saturated rings. The van der Waals surface area contributed by atoms with E-state index in [1.54, 1.807) is 0 Å². The molecule has 1 aliphatic heterocycles. The lowest BCUT2D eigenvalue weighted by atomic mass is 10.2. The van der Waals surface area contributed by atoms with Crippen LogP contribution in [0.2, 0.25) is 0 Å². The van der Waals surface area contributed by atoms with Crippen molar-refractivity contribution in [3.05, 3.63) is 28.7 Å². The molecule has 2 rings (SSSR count). The summed E-state index contributed by atoms with van der Waals surface area (Å²) < 4.78 is 6.64. The summed E-state index contributed by atoms with van der Waals surface area (Å²) in [5, 5.41) is 3.35. The van der Waals surface area contributed by atoms with E-state index in [2.05, 4.69) is 50.8 Å². The second-order valence-electron chi connectivity index (χ2n) is 5.90. The molecule has 1 aliphatic rings. The predicted molar refractivity (Wildman–Crippen MR) is 103 cm³/mol. The van der Waals surface area contributed by atoms with Crippen molar-refractivity contribution in [3.8, 4) is 0 Å². The summed E-state index contributed by atoms with van der Waals surface area (Å²) in [6, 6.07) is 7.62. The SMILES string of the molecule is C[C@H]1CN(CCC(=O)NNC(=S)Nc2cccc(Br)c2)C[C@H](C)O1. The molecule has 8 heteroatoms. The zero-order chi connectivity index (χ0) is 17.5. The Kier molecular flexibility index (Phi) is 7.41. The van der Waals surface area contributed by atoms with Crippen LogP contribution in [0.4, 0.5) is 5.69 Å². The molecule has 2 atom stereocenters. The predicted octanol–water partition coefficient (Wildman–Crippen LogP) is 2.27. The molecule has 1 saturated heterocycles. The topological polar surface area (TPSA) is 65.6 Å². The van der Waals surface area contributed by atoms with Crippen LogP contribution in [0.1, 0.15) is 20.3 Å². The van der Waals surface area contributed by atoms with Crippen molar-refractivity contribution in [1.29, 1.82) is 0 Å². The van der Waals surface area contributed by atoms with Gasteiger partial charge in [0.25, 0.3) is 0 Å². The van der Waals surface area contributed by atoms with E-state index in [9.17, 15) is 4.79 Å². The largest absolute Gasteiger partial charge is 0.373 e. The Labute approximate surface area is 156 Å². The van der Waals surface area contributed by atoms with Crippen molar-refractivity contribution in [2.24, 2.45) is 0 Å². The van der Waals surface area contributed by atoms with E-state index < -0.39 is 0 Å². The maximum atomic E-state index is 11.9. The van der Waals surface area contributed by atoms with Crippen LogP contribution >= 0.6 is 28.1 Å². The van der Waals surface area contributed by atoms with Gasteiger partial charge in [0, 0.05) is 36.2 Å². The molecule has 0 bridgehead atoms. The van der Waals surface area contributed by atoms with Crippen molar-refractivity contribution >= 4 is 44.9 Å². The second kappa shape index (κ2) is 9.31. The molecule has 1 amide bonds. The number of hydrogen-bond acceptors (Lipinski definition) is 4. The Hall–Kier alpha value is -1.22. The number of hydrogen-bond donors (Lipinski definition) is 3. The fraction of sp³-hybridized carbons (Fsp3) is 0.500. The fourth-order valence-electron chi connectivity index (χ4n) is 2.64. The number of nitrogens with zero attached hydrogens (tertiary/aromatic N) is 1. The van der Waals surface area contributed by atoms with Crippen molar-refractivity contribution in [3.63, 3.8) is 0 Å². The molecule has 0 spiro atoms. The molecular formula is C16H23BrN4O2S. The molecule has 0 saturated carbocycles. The Morgan fingerprint density at radius 1 is 1.33 bits per heavy atom. The Morgan fingerprint density at radius 3 is 2.71 bits per heavy atom. The monoisotopic (exact) mass is 414 g/mol. The van der Waals surface area contributed by atoms with Crippen LogP contribution in [-0.2, 0) is 9.53 Å². The number of rotatable bonds is 4. The summed E-state index contributed by atoms with van der Waals surface area (Å²) in [7, 11) is 0. The molecule has 0 aliphatic carbocycles. The van der Waals surface area contributed by atoms with E-state index in [0.717, 1.165) is 23.2 Å². The highest BCUT2D eigenvalue weighted by atomic mass is 79.9. The third-order valence-electron chi connectivity index (χ3n) is 3.55. The molecule has 6 nitrogen and oxygen atoms in total. The average molecular weight is 415 g/mol. The second-order valence-corrected chi connectivity index (χ2v) is 7.23. The van der Waals surface area contributed by atoms with Gasteiger partial charge in [-0.3, -0.25) is 20.5 Å². The third-order valence-corrected chi connectivity index (χ3v) is 4.25. The standard InChI is InChI=1S/C16H23BrN4O2S/c1-11-9-21(10-12(2)23-11)7-6-15(22)19-20-16(24)18-14-5-3-4-13(17)8-14/h3-5,8,11-12H,6-7,9-10H2,1-2H3,(H,19,22)(H2,18,20,24)/t11-,12-/m0/s1. The number of hydrazine groups is 1. The van der Waals surface area contributed by atoms with Gasteiger partial charge in [0.15, 0.2) is 5.11 Å². The summed E-state index contributed by atoms with van der Waals surface area (Å²) >= 11 is 8.55. The summed E-state index contributed by atoms with van der Waals surface area (Å²) in [6.07, 6.45) is 0.820. The zero-order valence-electron chi connectivity index (χ0n) is 13.8. The van der Waals surface area contributed by atoms with Crippen LogP contribution in [-0.4, -0.2) is 47.8 Å². The Bertz CT molecular complexity index is 577. The molecule has 0 aromatic heterocycles. The van der Waals surface area contributed by atoms with Crippen LogP contribution in [0.3, 0.4) is 0 Å². The van der Waals surface area contributed by atoms with E-state index in [1.807, 2.05) is 24.3 Å². The van der Waals surface area contributed by atoms with Gasteiger partial charge in [0.1, 0.15) is 0 Å². The lowest BCUT2D eigenvalue weighted by molar-refractivity contribution is -0.123. The fourth-order valence-corrected chi connectivity index (χ4v) is 3.21. The lowest BCUT2D eigenvalue weighted by Gasteiger charge is -2.35. The van der Waals surface area contributed by atoms with Crippen molar-refractivity contribution < 1.29 is 9.53 Å². The minimum absolute atomic E-state index is 0.0970. The van der Waals surface area contributed by atoms with Gasteiger partial charge in [-0.15, -0.1) is 0 Å². The number of amides is 1. The van der Waals surface area contributed by atoms with Crippen LogP contribution in [0.5, 0.6) is 0 Å². The molecular weight excluding hydrogens is 392 g/mol. The Morgan fingerprint density at radius 2 is 2.04 bits per heavy atom. The number of halogens is 1. The summed E-state index contributed by atoms with van der Waals surface area (Å²) in [5.41, 5.74) is 6.18. The van der Waals surface area contributed by atoms with Crippen molar-refractivity contribution in [2.45, 2.75) is 32.5 Å². The van der Waals surface area contributed by atoms with Gasteiger partial charge < -0.3 is 10.1 Å². The number of carbonyl (C=O) groups excluding carboxylic acids is 1. The summed E-state index contributed by atoms with van der Waals surface area (Å²) in [4.78, 5) is 14.2. The van der Waals surface area contributed by atoms with E-state index in [1.165, 1.54) is 0 Å². The van der Waals surface area contributed by atoms with Crippen molar-refractivity contribution in [2.75, 3.05) is 25.0 Å². The van der Waals surface area contributed by atoms with Gasteiger partial charge in [-0.25, -0.2) is 0 Å². The number of morpholine rings is 1. The van der Waals surface area contributed by atoms with E-state index >= 15 is 0 Å². The minimum atomic E-state index is -0.0970. The summed E-state index contributed by atoms with van der Waals surface area (Å²) in [6.45, 7) is 6.52. The van der Waals surface area contributed by atoms with Crippen LogP contribution in [0, 0.1) is 0 Å². The number of carbonyl (C=O) groups is 1. The number of nitrogens with one attached hydrogen (secondary N) is 3. The first-order valence-corrected chi connectivity index (χ1v) is 9.11. The first kappa shape index (κ1) is 19.1. The summed E-state index contributed by atoms with van der Waals surface area (Å²) in [5.74, 6) is -0.0970. The number of anilines is 1. The molecule has 3 N–H and O–H groups in total. The maximum absolute atomic E-state index is 11.9. The highest BCUT2D eigenvalue weighted by molar-refractivity contribution is 9.10. The first-order chi connectivity index (χ1) is 11.4. The molecule has 1 heterocycles. The third kappa shape index (κ3) is 6.72. The lowest BCUT2D eigenvalue weighted by Crippen LogP contribution is -2.48. The number of ether oxygens (including phenoxy) is 1. The van der Waals surface area contributed by atoms with Gasteiger partial charge in [-0.05, 0) is 44.3 Å². The zero-order valence-corrected chi connectivity index (χ0v) is 16.2. The Balaban J connectivity index is 1.66. The molecule has 0 radical (unpaired) electrons. The van der Waals surface area contributed by atoms with Crippen LogP contribution < -0.4 is 16.2 Å². The van der Waals surface area contributed by atoms with Gasteiger partial charge in [0.2, 0.25) is 5.91 Å². The van der Waals surface area contributed by atoms with E-state index in [0.29, 0.717) is 18.1 Å².